The first kappa shape index (κ1) is 17.9. The summed E-state index contributed by atoms with van der Waals surface area (Å²) in [4.78, 5) is 34.9. The maximum absolute atomic E-state index is 13.4. The van der Waals surface area contributed by atoms with Crippen LogP contribution < -0.4 is 14.7 Å². The number of imide groups is 1. The fourth-order valence-corrected chi connectivity index (χ4v) is 4.80. The van der Waals surface area contributed by atoms with Crippen LogP contribution in [0.5, 0.6) is 5.75 Å². The number of para-hydroxylation sites is 1. The molecule has 3 unspecified atom stereocenters. The second kappa shape index (κ2) is 7.02. The minimum absolute atomic E-state index is 0.248. The molecule has 2 amide bonds. The summed E-state index contributed by atoms with van der Waals surface area (Å²) in [5, 5.41) is 3.68. The van der Waals surface area contributed by atoms with E-state index in [9.17, 15) is 9.59 Å². The highest BCUT2D eigenvalue weighted by Gasteiger charge is 2.60. The number of hydrogen-bond donors (Lipinski definition) is 0. The van der Waals surface area contributed by atoms with Gasteiger partial charge in [-0.15, -0.1) is 11.3 Å². The Hall–Kier alpha value is -3.16. The van der Waals surface area contributed by atoms with E-state index in [2.05, 4.69) is 0 Å². The molecule has 0 spiro atoms. The number of hydrogen-bond acceptors (Lipinski definition) is 6. The Morgan fingerprint density at radius 3 is 2.31 bits per heavy atom. The molecule has 5 rings (SSSR count). The van der Waals surface area contributed by atoms with Crippen LogP contribution in [-0.4, -0.2) is 25.0 Å². The number of fused-ring (bicyclic) bond motifs is 1. The van der Waals surface area contributed by atoms with Crippen LogP contribution in [0.25, 0.3) is 0 Å². The molecule has 0 aliphatic carbocycles. The lowest BCUT2D eigenvalue weighted by molar-refractivity contribution is -0.126. The zero-order chi connectivity index (χ0) is 20.0. The van der Waals surface area contributed by atoms with E-state index in [0.717, 1.165) is 10.6 Å². The van der Waals surface area contributed by atoms with Gasteiger partial charge in [-0.1, -0.05) is 24.3 Å². The Labute approximate surface area is 171 Å². The minimum atomic E-state index is -0.850. The summed E-state index contributed by atoms with van der Waals surface area (Å²) >= 11 is 1.55. The van der Waals surface area contributed by atoms with Crippen molar-refractivity contribution in [2.45, 2.75) is 12.1 Å². The number of methoxy groups -OCH3 is 1. The average Bonchev–Trinajstić information content (AvgIpc) is 3.47. The third-order valence-electron chi connectivity index (χ3n) is 5.29. The standard InChI is InChI=1S/C22H18N2O4S/c1-27-16-11-9-14(10-12-16)23-21(25)18-19(17-8-5-13-29-17)24(28-20(18)22(23)26)15-6-3-2-4-7-15/h2-13,18-20H,1H3. The molecule has 2 aliphatic heterocycles. The van der Waals surface area contributed by atoms with Gasteiger partial charge >= 0.3 is 0 Å². The van der Waals surface area contributed by atoms with Crippen LogP contribution in [0, 0.1) is 5.92 Å². The molecule has 0 bridgehead atoms. The molecule has 2 aliphatic rings. The Kier molecular flexibility index (Phi) is 4.34. The third-order valence-corrected chi connectivity index (χ3v) is 6.23. The van der Waals surface area contributed by atoms with Crippen LogP contribution in [0.15, 0.2) is 72.1 Å². The van der Waals surface area contributed by atoms with Crippen molar-refractivity contribution in [1.82, 2.24) is 0 Å². The van der Waals surface area contributed by atoms with Crippen molar-refractivity contribution >= 4 is 34.5 Å². The number of ether oxygens (including phenoxy) is 1. The zero-order valence-corrected chi connectivity index (χ0v) is 16.4. The smallest absolute Gasteiger partial charge is 0.266 e. The van der Waals surface area contributed by atoms with Crippen molar-refractivity contribution in [2.24, 2.45) is 5.92 Å². The Balaban J connectivity index is 1.54. The van der Waals surface area contributed by atoms with Crippen molar-refractivity contribution in [1.29, 1.82) is 0 Å². The van der Waals surface area contributed by atoms with Gasteiger partial charge in [-0.3, -0.25) is 14.4 Å². The van der Waals surface area contributed by atoms with Crippen molar-refractivity contribution in [3.05, 3.63) is 77.0 Å². The van der Waals surface area contributed by atoms with Gasteiger partial charge in [-0.2, -0.15) is 0 Å². The number of carbonyl (C=O) groups is 2. The van der Waals surface area contributed by atoms with Gasteiger partial charge in [0.15, 0.2) is 6.10 Å². The molecule has 2 fully saturated rings. The number of carbonyl (C=O) groups excluding carboxylic acids is 2. The molecular formula is C22H18N2O4S. The average molecular weight is 406 g/mol. The van der Waals surface area contributed by atoms with Gasteiger partial charge in [-0.25, -0.2) is 9.96 Å². The Bertz CT molecular complexity index is 1040. The van der Waals surface area contributed by atoms with Crippen molar-refractivity contribution < 1.29 is 19.2 Å². The molecule has 3 atom stereocenters. The quantitative estimate of drug-likeness (QED) is 0.617. The fraction of sp³-hybridized carbons (Fsp3) is 0.182. The van der Waals surface area contributed by atoms with Crippen LogP contribution in [-0.2, 0) is 14.4 Å². The molecule has 0 radical (unpaired) electrons. The first-order chi connectivity index (χ1) is 14.2. The van der Waals surface area contributed by atoms with E-state index in [1.54, 1.807) is 47.8 Å². The Morgan fingerprint density at radius 1 is 0.897 bits per heavy atom. The first-order valence-electron chi connectivity index (χ1n) is 9.25. The summed E-state index contributed by atoms with van der Waals surface area (Å²) in [6.07, 6.45) is -0.850. The number of rotatable bonds is 4. The molecule has 29 heavy (non-hydrogen) atoms. The summed E-state index contributed by atoms with van der Waals surface area (Å²) < 4.78 is 5.17. The number of thiophene rings is 1. The van der Waals surface area contributed by atoms with Crippen LogP contribution in [0.2, 0.25) is 0 Å². The van der Waals surface area contributed by atoms with Gasteiger partial charge in [0, 0.05) is 4.88 Å². The summed E-state index contributed by atoms with van der Waals surface area (Å²) in [7, 11) is 1.57. The van der Waals surface area contributed by atoms with E-state index in [0.29, 0.717) is 11.4 Å². The lowest BCUT2D eigenvalue weighted by Gasteiger charge is -2.27. The van der Waals surface area contributed by atoms with E-state index < -0.39 is 12.0 Å². The first-order valence-corrected chi connectivity index (χ1v) is 10.1. The van der Waals surface area contributed by atoms with Crippen molar-refractivity contribution in [3.63, 3.8) is 0 Å². The van der Waals surface area contributed by atoms with Gasteiger partial charge < -0.3 is 4.74 Å². The number of anilines is 2. The zero-order valence-electron chi connectivity index (χ0n) is 15.6. The molecule has 2 aromatic carbocycles. The van der Waals surface area contributed by atoms with Crippen LogP contribution in [0.4, 0.5) is 11.4 Å². The maximum Gasteiger partial charge on any atom is 0.266 e. The lowest BCUT2D eigenvalue weighted by Crippen LogP contribution is -2.37. The highest BCUT2D eigenvalue weighted by Crippen LogP contribution is 2.48. The molecule has 3 heterocycles. The highest BCUT2D eigenvalue weighted by molar-refractivity contribution is 7.10. The van der Waals surface area contributed by atoms with Crippen LogP contribution in [0.1, 0.15) is 10.9 Å². The monoisotopic (exact) mass is 406 g/mol. The summed E-state index contributed by atoms with van der Waals surface area (Å²) in [5.74, 6) is -0.536. The van der Waals surface area contributed by atoms with E-state index in [1.165, 1.54) is 4.90 Å². The molecule has 3 aromatic rings. The summed E-state index contributed by atoms with van der Waals surface area (Å²) in [6, 6.07) is 20.0. The second-order valence-corrected chi connectivity index (χ2v) is 7.86. The molecule has 1 aromatic heterocycles. The number of benzene rings is 2. The van der Waals surface area contributed by atoms with E-state index >= 15 is 0 Å². The number of amides is 2. The number of nitrogens with zero attached hydrogens (tertiary/aromatic N) is 2. The highest BCUT2D eigenvalue weighted by atomic mass is 32.1. The lowest BCUT2D eigenvalue weighted by atomic mass is 9.95. The largest absolute Gasteiger partial charge is 0.497 e. The fourth-order valence-electron chi connectivity index (χ4n) is 3.95. The summed E-state index contributed by atoms with van der Waals surface area (Å²) in [5.41, 5.74) is 1.34. The molecule has 0 saturated carbocycles. The third kappa shape index (κ3) is 2.82. The molecule has 146 valence electrons. The van der Waals surface area contributed by atoms with Crippen LogP contribution in [0.3, 0.4) is 0 Å². The molecule has 7 heteroatoms. The van der Waals surface area contributed by atoms with Gasteiger partial charge in [0.2, 0.25) is 5.91 Å². The van der Waals surface area contributed by atoms with Gasteiger partial charge in [0.25, 0.3) is 5.91 Å². The molecule has 6 nitrogen and oxygen atoms in total. The predicted octanol–water partition coefficient (Wildman–Crippen LogP) is 3.81. The molecule has 2 saturated heterocycles. The maximum atomic E-state index is 13.4. The summed E-state index contributed by atoms with van der Waals surface area (Å²) in [6.45, 7) is 0. The minimum Gasteiger partial charge on any atom is -0.497 e. The van der Waals surface area contributed by atoms with E-state index in [1.807, 2.05) is 47.8 Å². The van der Waals surface area contributed by atoms with E-state index in [-0.39, 0.29) is 17.9 Å². The topological polar surface area (TPSA) is 59.1 Å². The molecule has 0 N–H and O–H groups in total. The molecular weight excluding hydrogens is 388 g/mol. The Morgan fingerprint density at radius 2 is 1.66 bits per heavy atom. The number of hydroxylamine groups is 1. The van der Waals surface area contributed by atoms with Crippen molar-refractivity contribution in [3.8, 4) is 5.75 Å². The van der Waals surface area contributed by atoms with Gasteiger partial charge in [0.05, 0.1) is 18.5 Å². The SMILES string of the molecule is COc1ccc(N2C(=O)C3ON(c4ccccc4)C(c4cccs4)C3C2=O)cc1. The normalized spacial score (nSPS) is 23.6. The van der Waals surface area contributed by atoms with Gasteiger partial charge in [-0.05, 0) is 47.8 Å². The van der Waals surface area contributed by atoms with Crippen molar-refractivity contribution in [2.75, 3.05) is 17.1 Å². The van der Waals surface area contributed by atoms with Crippen LogP contribution >= 0.6 is 11.3 Å². The second-order valence-electron chi connectivity index (χ2n) is 6.88. The van der Waals surface area contributed by atoms with E-state index in [4.69, 9.17) is 9.57 Å². The predicted molar refractivity (Wildman–Crippen MR) is 110 cm³/mol. The van der Waals surface area contributed by atoms with Gasteiger partial charge in [0.1, 0.15) is 17.7 Å².